The minimum atomic E-state index is -1.31. The molecule has 1 aliphatic carbocycles. The largest absolute Gasteiger partial charge is 0.444 e. The van der Waals surface area contributed by atoms with Gasteiger partial charge in [0.15, 0.2) is 0 Å². The standard InChI is InChI=1S/C34H45F2N5O7/c1-33(2,3)48-31(45)38-26-13-8-6-4-5-7-11-22-17-34(22,30(44)37-15-14-35)39-28(42)27-16-23(19-41(27)29(26)43)47-32(46)40-18-21-10-9-12-25(36)24(21)20-40/h7,9-12,22-23,26-27H,4-6,8,13-20H2,1-3H3,(H,37,44)(H,38,45)(H,39,42)/b11-7-/t22-,23+,26-,27-,34+/m0/s1. The van der Waals surface area contributed by atoms with Crippen LogP contribution >= 0.6 is 0 Å². The molecule has 4 aliphatic rings. The molecule has 262 valence electrons. The molecular formula is C34H45F2N5O7. The number of nitrogens with one attached hydrogen (secondary N) is 3. The van der Waals surface area contributed by atoms with E-state index in [9.17, 15) is 32.8 Å². The second-order valence-corrected chi connectivity index (χ2v) is 14.0. The van der Waals surface area contributed by atoms with Crippen LogP contribution in [0.15, 0.2) is 30.4 Å². The number of carbonyl (C=O) groups is 5. The number of carbonyl (C=O) groups excluding carboxylic acids is 5. The third-order valence-electron chi connectivity index (χ3n) is 9.17. The topological polar surface area (TPSA) is 146 Å². The Kier molecular flexibility index (Phi) is 10.6. The summed E-state index contributed by atoms with van der Waals surface area (Å²) in [5.41, 5.74) is -1.05. The van der Waals surface area contributed by atoms with Gasteiger partial charge in [-0.3, -0.25) is 19.3 Å². The molecule has 0 radical (unpaired) electrons. The summed E-state index contributed by atoms with van der Waals surface area (Å²) in [4.78, 5) is 70.1. The number of alkyl halides is 1. The summed E-state index contributed by atoms with van der Waals surface area (Å²) < 4.78 is 38.5. The zero-order valence-corrected chi connectivity index (χ0v) is 27.7. The quantitative estimate of drug-likeness (QED) is 0.405. The van der Waals surface area contributed by atoms with Crippen LogP contribution in [0.3, 0.4) is 0 Å². The second-order valence-electron chi connectivity index (χ2n) is 14.0. The zero-order valence-electron chi connectivity index (χ0n) is 27.7. The van der Waals surface area contributed by atoms with Gasteiger partial charge in [0.25, 0.3) is 0 Å². The summed E-state index contributed by atoms with van der Waals surface area (Å²) in [7, 11) is 0. The molecule has 0 unspecified atom stereocenters. The first kappa shape index (κ1) is 35.1. The molecule has 2 fully saturated rings. The summed E-state index contributed by atoms with van der Waals surface area (Å²) in [6, 6.07) is 2.46. The van der Waals surface area contributed by atoms with Crippen molar-refractivity contribution < 1.29 is 42.2 Å². The van der Waals surface area contributed by atoms with Crippen LogP contribution in [0.5, 0.6) is 0 Å². The summed E-state index contributed by atoms with van der Waals surface area (Å²) in [5, 5.41) is 8.06. The normalized spacial score (nSPS) is 28.1. The highest BCUT2D eigenvalue weighted by Gasteiger charge is 2.61. The molecule has 5 amide bonds. The number of allylic oxidation sites excluding steroid dienone is 1. The maximum Gasteiger partial charge on any atom is 0.410 e. The average Bonchev–Trinajstić information content (AvgIpc) is 3.33. The highest BCUT2D eigenvalue weighted by molar-refractivity contribution is 5.98. The molecule has 1 saturated heterocycles. The van der Waals surface area contributed by atoms with Gasteiger partial charge in [-0.15, -0.1) is 0 Å². The molecule has 1 aromatic carbocycles. The first-order valence-corrected chi connectivity index (χ1v) is 16.7. The van der Waals surface area contributed by atoms with Crippen molar-refractivity contribution in [3.63, 3.8) is 0 Å². The summed E-state index contributed by atoms with van der Waals surface area (Å²) in [6.45, 7) is 4.17. The van der Waals surface area contributed by atoms with Gasteiger partial charge >= 0.3 is 12.2 Å². The smallest absolute Gasteiger partial charge is 0.410 e. The van der Waals surface area contributed by atoms with Gasteiger partial charge in [-0.25, -0.2) is 18.4 Å². The van der Waals surface area contributed by atoms with Crippen LogP contribution < -0.4 is 16.0 Å². The number of nitrogens with zero attached hydrogens (tertiary/aromatic N) is 2. The SMILES string of the molecule is CC(C)(C)OC(=O)N[C@H]1CCCCC/C=C\[C@H]2C[C@@]2(C(=O)NCCF)NC(=O)[C@@H]2C[C@@H](OC(=O)N3Cc4cccc(F)c4C3)CN2C1=O. The number of alkyl carbamates (subject to hydrolysis) is 1. The molecule has 48 heavy (non-hydrogen) atoms. The number of amides is 5. The second kappa shape index (κ2) is 14.5. The molecule has 12 nitrogen and oxygen atoms in total. The highest BCUT2D eigenvalue weighted by atomic mass is 19.1. The fourth-order valence-electron chi connectivity index (χ4n) is 6.66. The van der Waals surface area contributed by atoms with Gasteiger partial charge in [-0.1, -0.05) is 37.1 Å². The van der Waals surface area contributed by atoms with E-state index in [-0.39, 0.29) is 44.9 Å². The number of rotatable bonds is 5. The lowest BCUT2D eigenvalue weighted by Crippen LogP contribution is -2.58. The third-order valence-corrected chi connectivity index (χ3v) is 9.17. The molecule has 14 heteroatoms. The minimum absolute atomic E-state index is 0.0212. The van der Waals surface area contributed by atoms with Crippen LogP contribution in [0.2, 0.25) is 0 Å². The Labute approximate surface area is 278 Å². The van der Waals surface area contributed by atoms with E-state index >= 15 is 0 Å². The van der Waals surface area contributed by atoms with Crippen molar-refractivity contribution in [2.24, 2.45) is 5.92 Å². The van der Waals surface area contributed by atoms with Gasteiger partial charge in [-0.2, -0.15) is 0 Å². The van der Waals surface area contributed by atoms with E-state index in [1.165, 1.54) is 15.9 Å². The molecule has 3 N–H and O–H groups in total. The Morgan fingerprint density at radius 3 is 2.65 bits per heavy atom. The van der Waals surface area contributed by atoms with Gasteiger partial charge in [-0.05, 0) is 58.1 Å². The predicted octanol–water partition coefficient (Wildman–Crippen LogP) is 3.62. The Morgan fingerprint density at radius 1 is 1.12 bits per heavy atom. The van der Waals surface area contributed by atoms with E-state index in [2.05, 4.69) is 16.0 Å². The lowest BCUT2D eigenvalue weighted by Gasteiger charge is -2.30. The number of benzene rings is 1. The van der Waals surface area contributed by atoms with Crippen molar-refractivity contribution in [1.82, 2.24) is 25.8 Å². The van der Waals surface area contributed by atoms with E-state index in [1.54, 1.807) is 32.9 Å². The molecule has 0 aromatic heterocycles. The fraction of sp³-hybridized carbons (Fsp3) is 0.618. The fourth-order valence-corrected chi connectivity index (χ4v) is 6.66. The Morgan fingerprint density at radius 2 is 1.92 bits per heavy atom. The maximum atomic E-state index is 14.3. The predicted molar refractivity (Wildman–Crippen MR) is 169 cm³/mol. The molecule has 5 rings (SSSR count). The third kappa shape index (κ3) is 8.07. The molecule has 1 saturated carbocycles. The van der Waals surface area contributed by atoms with E-state index in [4.69, 9.17) is 9.47 Å². The lowest BCUT2D eigenvalue weighted by molar-refractivity contribution is -0.141. The number of hydrogen-bond acceptors (Lipinski definition) is 7. The van der Waals surface area contributed by atoms with Gasteiger partial charge in [0.05, 0.1) is 13.1 Å². The van der Waals surface area contributed by atoms with Crippen molar-refractivity contribution in [2.45, 2.75) is 108 Å². The minimum Gasteiger partial charge on any atom is -0.444 e. The van der Waals surface area contributed by atoms with Crippen LogP contribution in [0.4, 0.5) is 18.4 Å². The van der Waals surface area contributed by atoms with Gasteiger partial charge in [0.2, 0.25) is 17.7 Å². The summed E-state index contributed by atoms with van der Waals surface area (Å²) in [5.74, 6) is -2.43. The van der Waals surface area contributed by atoms with Crippen molar-refractivity contribution >= 4 is 29.9 Å². The molecule has 3 heterocycles. The Bertz CT molecular complexity index is 1450. The Balaban J connectivity index is 1.38. The molecule has 3 aliphatic heterocycles. The van der Waals surface area contributed by atoms with Crippen molar-refractivity contribution in [3.8, 4) is 0 Å². The van der Waals surface area contributed by atoms with Crippen LogP contribution in [-0.2, 0) is 36.9 Å². The van der Waals surface area contributed by atoms with Crippen molar-refractivity contribution in [2.75, 3.05) is 19.8 Å². The van der Waals surface area contributed by atoms with Crippen molar-refractivity contribution in [1.29, 1.82) is 0 Å². The van der Waals surface area contributed by atoms with E-state index in [0.29, 0.717) is 24.0 Å². The molecule has 1 aromatic rings. The van der Waals surface area contributed by atoms with Gasteiger partial charge < -0.3 is 30.3 Å². The zero-order chi connectivity index (χ0) is 34.6. The van der Waals surface area contributed by atoms with Crippen LogP contribution in [0.1, 0.15) is 76.8 Å². The number of halogens is 2. The number of fused-ring (bicyclic) bond motifs is 3. The van der Waals surface area contributed by atoms with Crippen LogP contribution in [0, 0.1) is 11.7 Å². The van der Waals surface area contributed by atoms with Gasteiger partial charge in [0, 0.05) is 31.0 Å². The molecule has 0 bridgehead atoms. The van der Waals surface area contributed by atoms with E-state index in [0.717, 1.165) is 19.3 Å². The first-order valence-electron chi connectivity index (χ1n) is 16.7. The molecular weight excluding hydrogens is 628 g/mol. The Hall–Kier alpha value is -4.23. The lowest BCUT2D eigenvalue weighted by atomic mass is 10.0. The number of hydrogen-bond donors (Lipinski definition) is 3. The highest BCUT2D eigenvalue weighted by Crippen LogP contribution is 2.45. The van der Waals surface area contributed by atoms with E-state index in [1.807, 2.05) is 12.2 Å². The van der Waals surface area contributed by atoms with Crippen LogP contribution in [-0.4, -0.2) is 88.8 Å². The summed E-state index contributed by atoms with van der Waals surface area (Å²) >= 11 is 0. The first-order chi connectivity index (χ1) is 22.8. The summed E-state index contributed by atoms with van der Waals surface area (Å²) in [6.07, 6.45) is 4.86. The van der Waals surface area contributed by atoms with Gasteiger partial charge in [0.1, 0.15) is 41.8 Å². The van der Waals surface area contributed by atoms with Crippen molar-refractivity contribution in [3.05, 3.63) is 47.3 Å². The maximum absolute atomic E-state index is 14.3. The van der Waals surface area contributed by atoms with E-state index < -0.39 is 71.7 Å². The number of ether oxygens (including phenoxy) is 2. The monoisotopic (exact) mass is 673 g/mol. The molecule has 0 spiro atoms. The van der Waals surface area contributed by atoms with Crippen LogP contribution in [0.25, 0.3) is 0 Å². The average molecular weight is 674 g/mol. The molecule has 5 atom stereocenters.